The molecule has 0 aromatic heterocycles. The van der Waals surface area contributed by atoms with Crippen molar-refractivity contribution in [1.29, 1.82) is 10.7 Å². The molecule has 1 aromatic carbocycles. The van der Waals surface area contributed by atoms with Crippen molar-refractivity contribution >= 4 is 28.9 Å². The summed E-state index contributed by atoms with van der Waals surface area (Å²) in [7, 11) is 0. The molecule has 1 saturated heterocycles. The van der Waals surface area contributed by atoms with Gasteiger partial charge in [0.15, 0.2) is 5.11 Å². The number of nitrogens with one attached hydrogen (secondary N) is 2. The Morgan fingerprint density at radius 3 is 2.52 bits per heavy atom. The van der Waals surface area contributed by atoms with Crippen molar-refractivity contribution in [3.05, 3.63) is 29.3 Å². The van der Waals surface area contributed by atoms with Gasteiger partial charge in [-0.3, -0.25) is 10.3 Å². The van der Waals surface area contributed by atoms with Crippen molar-refractivity contribution < 1.29 is 13.2 Å². The Kier molecular flexibility index (Phi) is 3.56. The van der Waals surface area contributed by atoms with E-state index in [2.05, 4.69) is 5.32 Å². The van der Waals surface area contributed by atoms with Gasteiger partial charge in [0.2, 0.25) is 0 Å². The molecule has 2 N–H and O–H groups in total. The molecule has 1 heterocycles. The number of halogens is 3. The Bertz CT molecular complexity index is 729. The summed E-state index contributed by atoms with van der Waals surface area (Å²) in [6.45, 7) is 0. The summed E-state index contributed by atoms with van der Waals surface area (Å²) in [5.41, 5.74) is -1.87. The van der Waals surface area contributed by atoms with E-state index >= 15 is 0 Å². The molecule has 4 nitrogen and oxygen atoms in total. The Hall–Kier alpha value is -2.14. The number of hydrogen-bond donors (Lipinski definition) is 2. The SMILES string of the molecule is N#Cc1ccc(N2C(=N)C3(CCCC3)NC2=S)cc1C(F)(F)F. The molecule has 2 aliphatic rings. The van der Waals surface area contributed by atoms with E-state index in [1.807, 2.05) is 0 Å². The topological polar surface area (TPSA) is 62.9 Å². The fourth-order valence-electron chi connectivity index (χ4n) is 3.23. The van der Waals surface area contributed by atoms with Crippen LogP contribution in [0.3, 0.4) is 0 Å². The van der Waals surface area contributed by atoms with E-state index in [1.165, 1.54) is 11.0 Å². The second kappa shape index (κ2) is 5.20. The fraction of sp³-hybridized carbons (Fsp3) is 0.400. The average Bonchev–Trinajstić information content (AvgIpc) is 3.04. The second-order valence-corrected chi connectivity index (χ2v) is 6.13. The largest absolute Gasteiger partial charge is 0.417 e. The summed E-state index contributed by atoms with van der Waals surface area (Å²) in [4.78, 5) is 1.33. The molecular formula is C15H13F3N4S. The number of benzene rings is 1. The first-order valence-corrected chi connectivity index (χ1v) is 7.52. The van der Waals surface area contributed by atoms with Gasteiger partial charge < -0.3 is 5.32 Å². The maximum Gasteiger partial charge on any atom is 0.417 e. The smallest absolute Gasteiger partial charge is 0.349 e. The third-order valence-corrected chi connectivity index (χ3v) is 4.66. The zero-order chi connectivity index (χ0) is 16.8. The molecule has 0 unspecified atom stereocenters. The van der Waals surface area contributed by atoms with Crippen molar-refractivity contribution in [2.75, 3.05) is 4.90 Å². The van der Waals surface area contributed by atoms with E-state index in [9.17, 15) is 13.2 Å². The van der Waals surface area contributed by atoms with Gasteiger partial charge in [0.1, 0.15) is 5.84 Å². The zero-order valence-corrected chi connectivity index (χ0v) is 12.8. The highest BCUT2D eigenvalue weighted by Gasteiger charge is 2.48. The van der Waals surface area contributed by atoms with Crippen molar-refractivity contribution in [3.8, 4) is 6.07 Å². The Labute approximate surface area is 136 Å². The second-order valence-electron chi connectivity index (χ2n) is 5.74. The minimum Gasteiger partial charge on any atom is -0.349 e. The lowest BCUT2D eigenvalue weighted by molar-refractivity contribution is -0.137. The van der Waals surface area contributed by atoms with Crippen LogP contribution in [0.25, 0.3) is 0 Å². The van der Waals surface area contributed by atoms with Gasteiger partial charge in [-0.15, -0.1) is 0 Å². The van der Waals surface area contributed by atoms with Gasteiger partial charge in [0, 0.05) is 0 Å². The van der Waals surface area contributed by atoms with Crippen LogP contribution < -0.4 is 10.2 Å². The molecule has 1 aromatic rings. The first kappa shape index (κ1) is 15.7. The minimum atomic E-state index is -4.64. The van der Waals surface area contributed by atoms with Gasteiger partial charge in [-0.25, -0.2) is 0 Å². The molecule has 0 atom stereocenters. The third-order valence-electron chi connectivity index (χ3n) is 4.37. The maximum atomic E-state index is 13.1. The Morgan fingerprint density at radius 1 is 1.30 bits per heavy atom. The highest BCUT2D eigenvalue weighted by atomic mass is 32.1. The maximum absolute atomic E-state index is 13.1. The first-order chi connectivity index (χ1) is 10.8. The van der Waals surface area contributed by atoms with Crippen molar-refractivity contribution in [1.82, 2.24) is 5.32 Å². The third kappa shape index (κ3) is 2.45. The van der Waals surface area contributed by atoms with Crippen LogP contribution >= 0.6 is 12.2 Å². The van der Waals surface area contributed by atoms with Gasteiger partial charge in [0.05, 0.1) is 28.4 Å². The molecule has 120 valence electrons. The quantitative estimate of drug-likeness (QED) is 0.769. The summed E-state index contributed by atoms with van der Waals surface area (Å²) in [5, 5.41) is 20.6. The molecule has 1 aliphatic carbocycles. The molecule has 0 amide bonds. The van der Waals surface area contributed by atoms with Crippen molar-refractivity contribution in [2.45, 2.75) is 37.4 Å². The van der Waals surface area contributed by atoms with Gasteiger partial charge in [-0.2, -0.15) is 18.4 Å². The van der Waals surface area contributed by atoms with Gasteiger partial charge in [0.25, 0.3) is 0 Å². The van der Waals surface area contributed by atoms with Crippen LogP contribution in [0, 0.1) is 16.7 Å². The summed E-state index contributed by atoms with van der Waals surface area (Å²) in [6.07, 6.45) is -1.25. The van der Waals surface area contributed by atoms with Crippen LogP contribution in [0.2, 0.25) is 0 Å². The molecule has 1 spiro atoms. The predicted octanol–water partition coefficient (Wildman–Crippen LogP) is 3.56. The van der Waals surface area contributed by atoms with E-state index in [4.69, 9.17) is 22.9 Å². The Morgan fingerprint density at radius 2 is 1.96 bits per heavy atom. The molecule has 1 aliphatic heterocycles. The van der Waals surface area contributed by atoms with Crippen LogP contribution in [0.1, 0.15) is 36.8 Å². The number of anilines is 1. The van der Waals surface area contributed by atoms with Crippen molar-refractivity contribution in [3.63, 3.8) is 0 Å². The van der Waals surface area contributed by atoms with E-state index < -0.39 is 22.8 Å². The molecule has 23 heavy (non-hydrogen) atoms. The lowest BCUT2D eigenvalue weighted by atomic mass is 9.97. The lowest BCUT2D eigenvalue weighted by Gasteiger charge is -2.24. The summed E-state index contributed by atoms with van der Waals surface area (Å²) in [6, 6.07) is 4.95. The average molecular weight is 338 g/mol. The number of thiocarbonyl (C=S) groups is 1. The highest BCUT2D eigenvalue weighted by Crippen LogP contribution is 2.39. The van der Waals surface area contributed by atoms with Gasteiger partial charge in [-0.1, -0.05) is 12.8 Å². The van der Waals surface area contributed by atoms with E-state index in [-0.39, 0.29) is 16.6 Å². The van der Waals surface area contributed by atoms with Crippen LogP contribution in [-0.4, -0.2) is 16.5 Å². The fourth-order valence-corrected chi connectivity index (χ4v) is 3.62. The predicted molar refractivity (Wildman–Crippen MR) is 83.3 cm³/mol. The number of nitrogens with zero attached hydrogens (tertiary/aromatic N) is 2. The molecular weight excluding hydrogens is 325 g/mol. The van der Waals surface area contributed by atoms with Crippen LogP contribution in [0.5, 0.6) is 0 Å². The number of nitriles is 1. The Balaban J connectivity index is 2.04. The summed E-state index contributed by atoms with van der Waals surface area (Å²) in [5.74, 6) is 0.179. The molecule has 2 fully saturated rings. The van der Waals surface area contributed by atoms with Crippen LogP contribution in [0.4, 0.5) is 18.9 Å². The van der Waals surface area contributed by atoms with Crippen LogP contribution in [-0.2, 0) is 6.18 Å². The molecule has 1 saturated carbocycles. The molecule has 0 bridgehead atoms. The molecule has 3 rings (SSSR count). The summed E-state index contributed by atoms with van der Waals surface area (Å²) < 4.78 is 39.4. The molecule has 0 radical (unpaired) electrons. The van der Waals surface area contributed by atoms with Gasteiger partial charge >= 0.3 is 6.18 Å². The number of amidine groups is 1. The monoisotopic (exact) mass is 338 g/mol. The number of alkyl halides is 3. The standard InChI is InChI=1S/C15H13F3N4S/c16-15(17,18)11-7-10(4-3-9(11)8-19)22-12(20)14(21-13(22)23)5-1-2-6-14/h3-4,7,20H,1-2,5-6H2,(H,21,23). The highest BCUT2D eigenvalue weighted by molar-refractivity contribution is 7.80. The number of rotatable bonds is 1. The minimum absolute atomic E-state index is 0.155. The van der Waals surface area contributed by atoms with E-state index in [0.717, 1.165) is 37.8 Å². The van der Waals surface area contributed by atoms with Gasteiger partial charge in [-0.05, 0) is 43.3 Å². The van der Waals surface area contributed by atoms with Crippen LogP contribution in [0.15, 0.2) is 18.2 Å². The zero-order valence-electron chi connectivity index (χ0n) is 12.0. The van der Waals surface area contributed by atoms with E-state index in [0.29, 0.717) is 0 Å². The van der Waals surface area contributed by atoms with Crippen molar-refractivity contribution in [2.24, 2.45) is 0 Å². The number of hydrogen-bond acceptors (Lipinski definition) is 3. The normalized spacial score (nSPS) is 20.0. The first-order valence-electron chi connectivity index (χ1n) is 7.11. The van der Waals surface area contributed by atoms with E-state index in [1.54, 1.807) is 6.07 Å². The summed E-state index contributed by atoms with van der Waals surface area (Å²) >= 11 is 5.23. The lowest BCUT2D eigenvalue weighted by Crippen LogP contribution is -2.43. The molecule has 8 heteroatoms.